The summed E-state index contributed by atoms with van der Waals surface area (Å²) in [4.78, 5) is 0. The van der Waals surface area contributed by atoms with Gasteiger partial charge < -0.3 is 5.11 Å². The highest BCUT2D eigenvalue weighted by Crippen LogP contribution is 2.38. The maximum absolute atomic E-state index is 14.2. The van der Waals surface area contributed by atoms with E-state index in [2.05, 4.69) is 15.9 Å². The summed E-state index contributed by atoms with van der Waals surface area (Å²) in [5.74, 6) is -1.58. The summed E-state index contributed by atoms with van der Waals surface area (Å²) < 4.78 is 28.9. The Hall–Kier alpha value is -0.970. The monoisotopic (exact) mass is 360 g/mol. The number of halogens is 4. The average molecular weight is 362 g/mol. The molecular weight excluding hydrogens is 350 g/mol. The normalized spacial score (nSPS) is 14.2. The van der Waals surface area contributed by atoms with Crippen LogP contribution in [-0.2, 0) is 5.60 Å². The number of aryl methyl sites for hydroxylation is 1. The van der Waals surface area contributed by atoms with E-state index in [0.29, 0.717) is 4.47 Å². The maximum Gasteiger partial charge on any atom is 0.135 e. The Morgan fingerprint density at radius 2 is 1.85 bits per heavy atom. The van der Waals surface area contributed by atoms with Crippen molar-refractivity contribution in [1.29, 1.82) is 0 Å². The summed E-state index contributed by atoms with van der Waals surface area (Å²) in [5.41, 5.74) is -1.76. The van der Waals surface area contributed by atoms with E-state index in [1.165, 1.54) is 26.0 Å². The summed E-state index contributed by atoms with van der Waals surface area (Å²) in [7, 11) is 0. The largest absolute Gasteiger partial charge is 0.380 e. The molecule has 5 heteroatoms. The predicted molar refractivity (Wildman–Crippen MR) is 78.9 cm³/mol. The van der Waals surface area contributed by atoms with Gasteiger partial charge in [-0.15, -0.1) is 0 Å². The van der Waals surface area contributed by atoms with Gasteiger partial charge in [-0.25, -0.2) is 8.78 Å². The molecular formula is C15H12BrClF2O. The van der Waals surface area contributed by atoms with Crippen LogP contribution in [0.2, 0.25) is 5.02 Å². The Labute approximate surface area is 129 Å². The Bertz CT molecular complexity index is 671. The first-order chi connectivity index (χ1) is 9.25. The van der Waals surface area contributed by atoms with Crippen LogP contribution in [0.3, 0.4) is 0 Å². The lowest BCUT2D eigenvalue weighted by Gasteiger charge is -2.27. The number of hydrogen-bond acceptors (Lipinski definition) is 1. The smallest absolute Gasteiger partial charge is 0.135 e. The van der Waals surface area contributed by atoms with Gasteiger partial charge in [0.1, 0.15) is 17.2 Å². The highest BCUT2D eigenvalue weighted by molar-refractivity contribution is 9.10. The van der Waals surface area contributed by atoms with Crippen LogP contribution in [0.25, 0.3) is 0 Å². The Morgan fingerprint density at radius 3 is 2.45 bits per heavy atom. The van der Waals surface area contributed by atoms with Crippen molar-refractivity contribution >= 4 is 27.5 Å². The highest BCUT2D eigenvalue weighted by atomic mass is 79.9. The molecule has 0 radical (unpaired) electrons. The van der Waals surface area contributed by atoms with E-state index in [0.717, 1.165) is 6.07 Å². The zero-order valence-electron chi connectivity index (χ0n) is 10.8. The van der Waals surface area contributed by atoms with Crippen LogP contribution in [0, 0.1) is 18.6 Å². The first-order valence-electron chi connectivity index (χ1n) is 5.88. The maximum atomic E-state index is 14.2. The molecule has 0 spiro atoms. The number of benzene rings is 2. The van der Waals surface area contributed by atoms with Gasteiger partial charge in [0.15, 0.2) is 0 Å². The van der Waals surface area contributed by atoms with E-state index >= 15 is 0 Å². The zero-order valence-corrected chi connectivity index (χ0v) is 13.2. The third kappa shape index (κ3) is 2.60. The van der Waals surface area contributed by atoms with Crippen molar-refractivity contribution in [1.82, 2.24) is 0 Å². The van der Waals surface area contributed by atoms with Crippen molar-refractivity contribution in [3.05, 3.63) is 68.2 Å². The molecule has 2 aromatic rings. The summed E-state index contributed by atoms with van der Waals surface area (Å²) in [6.45, 7) is 2.83. The molecule has 0 saturated heterocycles. The summed E-state index contributed by atoms with van der Waals surface area (Å²) >= 11 is 9.32. The molecule has 1 nitrogen and oxygen atoms in total. The van der Waals surface area contributed by atoms with Crippen LogP contribution in [0.1, 0.15) is 23.6 Å². The summed E-state index contributed by atoms with van der Waals surface area (Å²) in [6.07, 6.45) is 0. The molecule has 20 heavy (non-hydrogen) atoms. The van der Waals surface area contributed by atoms with Crippen LogP contribution in [0.5, 0.6) is 0 Å². The van der Waals surface area contributed by atoms with Gasteiger partial charge in [-0.1, -0.05) is 39.7 Å². The second-order valence-electron chi connectivity index (χ2n) is 4.75. The van der Waals surface area contributed by atoms with Crippen molar-refractivity contribution in [2.45, 2.75) is 19.4 Å². The van der Waals surface area contributed by atoms with E-state index in [-0.39, 0.29) is 16.1 Å². The first-order valence-corrected chi connectivity index (χ1v) is 7.05. The van der Waals surface area contributed by atoms with E-state index in [1.54, 1.807) is 12.1 Å². The van der Waals surface area contributed by atoms with Crippen molar-refractivity contribution in [3.63, 3.8) is 0 Å². The second-order valence-corrected chi connectivity index (χ2v) is 6.07. The summed E-state index contributed by atoms with van der Waals surface area (Å²) in [6, 6.07) is 7.22. The molecule has 0 amide bonds. The van der Waals surface area contributed by atoms with Crippen LogP contribution in [0.15, 0.2) is 34.8 Å². The molecule has 2 aromatic carbocycles. The minimum absolute atomic E-state index is 0.227. The molecule has 1 N–H and O–H groups in total. The van der Waals surface area contributed by atoms with Gasteiger partial charge in [0.25, 0.3) is 0 Å². The van der Waals surface area contributed by atoms with Gasteiger partial charge in [0, 0.05) is 15.1 Å². The predicted octanol–water partition coefficient (Wildman–Crippen LogP) is 4.94. The van der Waals surface area contributed by atoms with Gasteiger partial charge in [0.05, 0.1) is 5.56 Å². The third-order valence-corrected chi connectivity index (χ3v) is 4.03. The molecule has 0 aliphatic rings. The van der Waals surface area contributed by atoms with Gasteiger partial charge in [0.2, 0.25) is 0 Å². The molecule has 1 unspecified atom stereocenters. The quantitative estimate of drug-likeness (QED) is 0.803. The molecule has 0 heterocycles. The fourth-order valence-electron chi connectivity index (χ4n) is 2.12. The molecule has 1 atom stereocenters. The molecule has 106 valence electrons. The van der Waals surface area contributed by atoms with Gasteiger partial charge in [-0.3, -0.25) is 0 Å². The van der Waals surface area contributed by atoms with Gasteiger partial charge in [-0.2, -0.15) is 0 Å². The van der Waals surface area contributed by atoms with E-state index < -0.39 is 22.8 Å². The van der Waals surface area contributed by atoms with Gasteiger partial charge in [-0.05, 0) is 37.6 Å². The molecule has 0 aliphatic heterocycles. The van der Waals surface area contributed by atoms with Crippen LogP contribution < -0.4 is 0 Å². The first kappa shape index (κ1) is 15.4. The molecule has 0 aromatic heterocycles. The lowest BCUT2D eigenvalue weighted by molar-refractivity contribution is 0.0933. The van der Waals surface area contributed by atoms with E-state index in [1.807, 2.05) is 0 Å². The molecule has 0 bridgehead atoms. The SMILES string of the molecule is Cc1ccc(F)c(C(C)(O)c2ccc(Br)cc2Cl)c1F. The van der Waals surface area contributed by atoms with Gasteiger partial charge >= 0.3 is 0 Å². The minimum Gasteiger partial charge on any atom is -0.380 e. The van der Waals surface area contributed by atoms with Crippen molar-refractivity contribution in [2.75, 3.05) is 0 Å². The van der Waals surface area contributed by atoms with Crippen molar-refractivity contribution in [2.24, 2.45) is 0 Å². The molecule has 0 saturated carbocycles. The van der Waals surface area contributed by atoms with Crippen LogP contribution in [0.4, 0.5) is 8.78 Å². The molecule has 2 rings (SSSR count). The Kier molecular flexibility index (Phi) is 4.19. The summed E-state index contributed by atoms with van der Waals surface area (Å²) in [5, 5.41) is 10.9. The van der Waals surface area contributed by atoms with Crippen molar-refractivity contribution in [3.8, 4) is 0 Å². The van der Waals surface area contributed by atoms with Crippen molar-refractivity contribution < 1.29 is 13.9 Å². The third-order valence-electron chi connectivity index (χ3n) is 3.23. The average Bonchev–Trinajstić information content (AvgIpc) is 2.33. The topological polar surface area (TPSA) is 20.2 Å². The zero-order chi connectivity index (χ0) is 15.1. The Balaban J connectivity index is 2.69. The minimum atomic E-state index is -1.86. The highest BCUT2D eigenvalue weighted by Gasteiger charge is 2.34. The lowest BCUT2D eigenvalue weighted by Crippen LogP contribution is -2.27. The Morgan fingerprint density at radius 1 is 1.20 bits per heavy atom. The fraction of sp³-hybridized carbons (Fsp3) is 0.200. The van der Waals surface area contributed by atoms with E-state index in [4.69, 9.17) is 11.6 Å². The fourth-order valence-corrected chi connectivity index (χ4v) is 2.98. The lowest BCUT2D eigenvalue weighted by atomic mass is 9.86. The second kappa shape index (κ2) is 5.43. The number of hydrogen-bond donors (Lipinski definition) is 1. The van der Waals surface area contributed by atoms with Crippen LogP contribution in [-0.4, -0.2) is 5.11 Å². The van der Waals surface area contributed by atoms with E-state index in [9.17, 15) is 13.9 Å². The number of rotatable bonds is 2. The molecule has 0 fully saturated rings. The standard InChI is InChI=1S/C15H12BrClF2O/c1-8-3-6-12(18)13(14(8)19)15(2,20)10-5-4-9(16)7-11(10)17/h3-7,20H,1-2H3. The number of aliphatic hydroxyl groups is 1. The van der Waals surface area contributed by atoms with Crippen LogP contribution >= 0.6 is 27.5 Å². The molecule has 0 aliphatic carbocycles.